The highest BCUT2D eigenvalue weighted by Gasteiger charge is 2.40. The molecule has 2 heterocycles. The van der Waals surface area contributed by atoms with E-state index in [-0.39, 0.29) is 17.9 Å². The van der Waals surface area contributed by atoms with Gasteiger partial charge in [0.25, 0.3) is 0 Å². The summed E-state index contributed by atoms with van der Waals surface area (Å²) in [6, 6.07) is 5.29. The van der Waals surface area contributed by atoms with E-state index < -0.39 is 0 Å². The van der Waals surface area contributed by atoms with Gasteiger partial charge in [-0.25, -0.2) is 0 Å². The Morgan fingerprint density at radius 3 is 2.80 bits per heavy atom. The molecule has 1 unspecified atom stereocenters. The van der Waals surface area contributed by atoms with Gasteiger partial charge in [0, 0.05) is 19.5 Å². The van der Waals surface area contributed by atoms with Crippen molar-refractivity contribution in [3.05, 3.63) is 28.8 Å². The Labute approximate surface area is 123 Å². The third-order valence-corrected chi connectivity index (χ3v) is 4.44. The maximum absolute atomic E-state index is 12.8. The lowest BCUT2D eigenvalue weighted by Crippen LogP contribution is -2.44. The molecule has 5 heteroatoms. The van der Waals surface area contributed by atoms with E-state index in [4.69, 9.17) is 11.6 Å². The van der Waals surface area contributed by atoms with Crippen LogP contribution < -0.4 is 4.90 Å². The van der Waals surface area contributed by atoms with Gasteiger partial charge in [-0.2, -0.15) is 0 Å². The number of anilines is 1. The van der Waals surface area contributed by atoms with Crippen LogP contribution in [0.3, 0.4) is 0 Å². The second kappa shape index (κ2) is 5.09. The topological polar surface area (TPSA) is 40.6 Å². The molecule has 2 aliphatic rings. The first-order chi connectivity index (χ1) is 9.59. The Bertz CT molecular complexity index is 553. The summed E-state index contributed by atoms with van der Waals surface area (Å²) in [7, 11) is 0. The fraction of sp³-hybridized carbons (Fsp3) is 0.467. The fourth-order valence-corrected chi connectivity index (χ4v) is 3.47. The summed E-state index contributed by atoms with van der Waals surface area (Å²) in [6.07, 6.45) is 2.02. The van der Waals surface area contributed by atoms with Crippen molar-refractivity contribution >= 4 is 29.1 Å². The molecule has 1 aromatic carbocycles. The molecule has 2 amide bonds. The Morgan fingerprint density at radius 2 is 2.05 bits per heavy atom. The summed E-state index contributed by atoms with van der Waals surface area (Å²) < 4.78 is 0. The zero-order valence-electron chi connectivity index (χ0n) is 11.4. The Hall–Kier alpha value is -1.55. The molecule has 0 spiro atoms. The predicted molar refractivity (Wildman–Crippen MR) is 77.9 cm³/mol. The lowest BCUT2D eigenvalue weighted by atomic mass is 10.1. The first-order valence-electron chi connectivity index (χ1n) is 6.95. The molecule has 2 aliphatic heterocycles. The monoisotopic (exact) mass is 292 g/mol. The minimum absolute atomic E-state index is 0.00421. The second-order valence-corrected chi connectivity index (χ2v) is 5.80. The van der Waals surface area contributed by atoms with Gasteiger partial charge in [0.05, 0.1) is 10.7 Å². The van der Waals surface area contributed by atoms with Gasteiger partial charge in [0.2, 0.25) is 11.8 Å². The van der Waals surface area contributed by atoms with E-state index >= 15 is 0 Å². The Balaban J connectivity index is 2.01. The van der Waals surface area contributed by atoms with Crippen LogP contribution in [0.1, 0.15) is 24.8 Å². The lowest BCUT2D eigenvalue weighted by Gasteiger charge is -2.27. The van der Waals surface area contributed by atoms with Gasteiger partial charge in [-0.15, -0.1) is 0 Å². The van der Waals surface area contributed by atoms with Gasteiger partial charge in [-0.05, 0) is 31.4 Å². The SMILES string of the molecule is Cc1cccc(Cl)c1N1CCC(=O)N2CCCC2C1=O. The molecule has 1 atom stereocenters. The molecular weight excluding hydrogens is 276 g/mol. The number of amides is 2. The number of carbonyl (C=O) groups excluding carboxylic acids is 2. The van der Waals surface area contributed by atoms with Gasteiger partial charge < -0.3 is 9.80 Å². The molecule has 106 valence electrons. The van der Waals surface area contributed by atoms with Crippen LogP contribution in [0.4, 0.5) is 5.69 Å². The van der Waals surface area contributed by atoms with Crippen molar-refractivity contribution < 1.29 is 9.59 Å². The largest absolute Gasteiger partial charge is 0.331 e. The average Bonchev–Trinajstić information content (AvgIpc) is 2.86. The number of aryl methyl sites for hydroxylation is 1. The number of para-hydroxylation sites is 1. The van der Waals surface area contributed by atoms with E-state index in [0.717, 1.165) is 24.1 Å². The molecule has 2 saturated heterocycles. The highest BCUT2D eigenvalue weighted by Crippen LogP contribution is 2.33. The Kier molecular flexibility index (Phi) is 3.42. The maximum Gasteiger partial charge on any atom is 0.249 e. The van der Waals surface area contributed by atoms with Crippen LogP contribution in [-0.4, -0.2) is 35.8 Å². The van der Waals surface area contributed by atoms with Crippen molar-refractivity contribution in [3.63, 3.8) is 0 Å². The molecular formula is C15H17ClN2O2. The van der Waals surface area contributed by atoms with E-state index in [0.29, 0.717) is 24.5 Å². The van der Waals surface area contributed by atoms with Gasteiger partial charge in [0.1, 0.15) is 6.04 Å². The van der Waals surface area contributed by atoms with E-state index in [1.54, 1.807) is 15.9 Å². The van der Waals surface area contributed by atoms with Crippen molar-refractivity contribution in [1.29, 1.82) is 0 Å². The van der Waals surface area contributed by atoms with Crippen LogP contribution in [0, 0.1) is 6.92 Å². The molecule has 2 fully saturated rings. The maximum atomic E-state index is 12.8. The molecule has 0 aliphatic carbocycles. The van der Waals surface area contributed by atoms with Crippen LogP contribution in [0.25, 0.3) is 0 Å². The molecule has 1 aromatic rings. The van der Waals surface area contributed by atoms with E-state index in [2.05, 4.69) is 0 Å². The number of fused-ring (bicyclic) bond motifs is 1. The van der Waals surface area contributed by atoms with Crippen LogP contribution in [-0.2, 0) is 9.59 Å². The van der Waals surface area contributed by atoms with Crippen LogP contribution in [0.15, 0.2) is 18.2 Å². The molecule has 3 rings (SSSR count). The van der Waals surface area contributed by atoms with Gasteiger partial charge in [-0.1, -0.05) is 23.7 Å². The third kappa shape index (κ3) is 2.08. The summed E-state index contributed by atoms with van der Waals surface area (Å²) in [4.78, 5) is 28.3. The first kappa shape index (κ1) is 13.4. The summed E-state index contributed by atoms with van der Waals surface area (Å²) in [5.74, 6) is 0.0811. The number of rotatable bonds is 1. The minimum Gasteiger partial charge on any atom is -0.331 e. The minimum atomic E-state index is -0.305. The summed E-state index contributed by atoms with van der Waals surface area (Å²) >= 11 is 6.27. The molecule has 0 radical (unpaired) electrons. The molecule has 0 aromatic heterocycles. The normalized spacial score (nSPS) is 23.0. The van der Waals surface area contributed by atoms with Crippen molar-refractivity contribution in [2.45, 2.75) is 32.2 Å². The summed E-state index contributed by atoms with van der Waals surface area (Å²) in [5, 5.41) is 0.567. The molecule has 20 heavy (non-hydrogen) atoms. The highest BCUT2D eigenvalue weighted by molar-refractivity contribution is 6.34. The third-order valence-electron chi connectivity index (χ3n) is 4.13. The summed E-state index contributed by atoms with van der Waals surface area (Å²) in [6.45, 7) is 3.05. The van der Waals surface area contributed by atoms with E-state index in [9.17, 15) is 9.59 Å². The van der Waals surface area contributed by atoms with Crippen molar-refractivity contribution in [3.8, 4) is 0 Å². The number of nitrogens with zero attached hydrogens (tertiary/aromatic N) is 2. The number of hydrogen-bond acceptors (Lipinski definition) is 2. The average molecular weight is 293 g/mol. The van der Waals surface area contributed by atoms with Crippen molar-refractivity contribution in [2.24, 2.45) is 0 Å². The number of halogens is 1. The van der Waals surface area contributed by atoms with Crippen LogP contribution in [0.2, 0.25) is 5.02 Å². The number of carbonyl (C=O) groups is 2. The first-order valence-corrected chi connectivity index (χ1v) is 7.33. The predicted octanol–water partition coefficient (Wildman–Crippen LogP) is 2.38. The second-order valence-electron chi connectivity index (χ2n) is 5.39. The molecule has 4 nitrogen and oxygen atoms in total. The molecule has 0 N–H and O–H groups in total. The number of benzene rings is 1. The van der Waals surface area contributed by atoms with Gasteiger partial charge in [-0.3, -0.25) is 9.59 Å². The van der Waals surface area contributed by atoms with Gasteiger partial charge >= 0.3 is 0 Å². The Morgan fingerprint density at radius 1 is 1.25 bits per heavy atom. The van der Waals surface area contributed by atoms with Crippen LogP contribution in [0.5, 0.6) is 0 Å². The standard InChI is InChI=1S/C15H17ClN2O2/c1-10-4-2-5-11(16)14(10)18-9-7-13(19)17-8-3-6-12(17)15(18)20/h2,4-5,12H,3,6-9H2,1H3. The zero-order valence-corrected chi connectivity index (χ0v) is 12.2. The van der Waals surface area contributed by atoms with Crippen molar-refractivity contribution in [1.82, 2.24) is 4.90 Å². The van der Waals surface area contributed by atoms with Gasteiger partial charge in [0.15, 0.2) is 0 Å². The quantitative estimate of drug-likeness (QED) is 0.797. The lowest BCUT2D eigenvalue weighted by molar-refractivity contribution is -0.135. The van der Waals surface area contributed by atoms with Crippen molar-refractivity contribution in [2.75, 3.05) is 18.0 Å². The smallest absolute Gasteiger partial charge is 0.249 e. The van der Waals surface area contributed by atoms with E-state index in [1.807, 2.05) is 19.1 Å². The molecule has 0 bridgehead atoms. The molecule has 0 saturated carbocycles. The number of hydrogen-bond donors (Lipinski definition) is 0. The van der Waals surface area contributed by atoms with E-state index in [1.165, 1.54) is 0 Å². The fourth-order valence-electron chi connectivity index (χ4n) is 3.15. The summed E-state index contributed by atoms with van der Waals surface area (Å²) in [5.41, 5.74) is 1.71. The highest BCUT2D eigenvalue weighted by atomic mass is 35.5. The van der Waals surface area contributed by atoms with Crippen LogP contribution >= 0.6 is 11.6 Å². The zero-order chi connectivity index (χ0) is 14.3.